The summed E-state index contributed by atoms with van der Waals surface area (Å²) in [6, 6.07) is 0. The van der Waals surface area contributed by atoms with E-state index in [1.54, 1.807) is 0 Å². The van der Waals surface area contributed by atoms with Crippen LogP contribution in [-0.2, 0) is 4.74 Å². The van der Waals surface area contributed by atoms with E-state index in [9.17, 15) is 4.79 Å². The molecule has 6 nitrogen and oxygen atoms in total. The molecule has 1 amide bonds. The first-order valence-electron chi connectivity index (χ1n) is 11.2. The maximum absolute atomic E-state index is 13.0. The SMILES string of the molecule is CCC[CH2][Sn]([CH2]CCC)([CH2]CCC)[CH2]N(CCCN=[N+]=[N-])C(=O)OC(C)(C)C. The van der Waals surface area contributed by atoms with Crippen LogP contribution in [0.3, 0.4) is 0 Å². The zero-order valence-corrected chi connectivity index (χ0v) is 22.2. The molecule has 0 heterocycles. The third-order valence-electron chi connectivity index (χ3n) is 5.11. The third kappa shape index (κ3) is 12.8. The minimum absolute atomic E-state index is 0.195. The Morgan fingerprint density at radius 3 is 1.89 bits per heavy atom. The Balaban J connectivity index is 5.50. The van der Waals surface area contributed by atoms with Crippen molar-refractivity contribution in [1.29, 1.82) is 0 Å². The van der Waals surface area contributed by atoms with Crippen LogP contribution in [-0.4, -0.2) is 52.6 Å². The van der Waals surface area contributed by atoms with Crippen molar-refractivity contribution in [2.45, 2.75) is 105 Å². The monoisotopic (exact) mass is 504 g/mol. The molecule has 0 atom stereocenters. The molecular formula is C21H44N4O2Sn. The molecular weight excluding hydrogens is 459 g/mol. The van der Waals surface area contributed by atoms with E-state index in [2.05, 4.69) is 30.8 Å². The molecule has 0 aromatic heterocycles. The topological polar surface area (TPSA) is 78.3 Å². The summed E-state index contributed by atoms with van der Waals surface area (Å²) < 4.78 is 10.8. The van der Waals surface area contributed by atoms with Gasteiger partial charge in [0.05, 0.1) is 0 Å². The second-order valence-electron chi connectivity index (χ2n) is 9.02. The van der Waals surface area contributed by atoms with Gasteiger partial charge in [0.15, 0.2) is 0 Å². The van der Waals surface area contributed by atoms with Gasteiger partial charge in [0, 0.05) is 0 Å². The summed E-state index contributed by atoms with van der Waals surface area (Å²) in [4.78, 5) is 17.8. The molecule has 0 aromatic rings. The van der Waals surface area contributed by atoms with Crippen LogP contribution in [0.15, 0.2) is 5.11 Å². The predicted octanol–water partition coefficient (Wildman–Crippen LogP) is 7.31. The number of hydrogen-bond acceptors (Lipinski definition) is 3. The summed E-state index contributed by atoms with van der Waals surface area (Å²) in [6.45, 7) is 13.6. The Labute approximate surface area is 177 Å². The quantitative estimate of drug-likeness (QED) is 0.0772. The number of carbonyl (C=O) groups is 1. The van der Waals surface area contributed by atoms with E-state index in [0.717, 1.165) is 4.56 Å². The van der Waals surface area contributed by atoms with Crippen molar-refractivity contribution in [3.63, 3.8) is 0 Å². The van der Waals surface area contributed by atoms with E-state index in [4.69, 9.17) is 10.3 Å². The van der Waals surface area contributed by atoms with Crippen molar-refractivity contribution >= 4 is 24.5 Å². The Kier molecular flexibility index (Phi) is 14.9. The molecule has 0 unspecified atom stereocenters. The Bertz CT molecular complexity index is 452. The molecule has 0 N–H and O–H groups in total. The molecule has 28 heavy (non-hydrogen) atoms. The van der Waals surface area contributed by atoms with Gasteiger partial charge in [-0.25, -0.2) is 0 Å². The van der Waals surface area contributed by atoms with Crippen LogP contribution in [0.4, 0.5) is 4.79 Å². The van der Waals surface area contributed by atoms with E-state index in [0.29, 0.717) is 19.5 Å². The van der Waals surface area contributed by atoms with Crippen LogP contribution in [0, 0.1) is 0 Å². The molecule has 0 aliphatic carbocycles. The number of azide groups is 1. The first-order valence-corrected chi connectivity index (χ1v) is 19.3. The van der Waals surface area contributed by atoms with E-state index in [1.807, 2.05) is 25.7 Å². The van der Waals surface area contributed by atoms with Crippen molar-refractivity contribution in [2.75, 3.05) is 17.7 Å². The summed E-state index contributed by atoms with van der Waals surface area (Å²) >= 11 is -2.51. The van der Waals surface area contributed by atoms with Crippen molar-refractivity contribution in [3.05, 3.63) is 10.4 Å². The molecule has 0 aliphatic rings. The van der Waals surface area contributed by atoms with Gasteiger partial charge < -0.3 is 0 Å². The minimum atomic E-state index is -2.51. The fourth-order valence-corrected chi connectivity index (χ4v) is 19.7. The standard InChI is InChI=1S/C9H17N4O2.3C4H9.Sn/c1-9(2,3)15-8(14)13(4)7-5-6-11-12-10;3*1-3-4-2;/h4-7H2,1-3H3;3*1,3-4H2,2H3;. The Morgan fingerprint density at radius 2 is 1.50 bits per heavy atom. The normalized spacial score (nSPS) is 11.8. The van der Waals surface area contributed by atoms with Crippen LogP contribution in [0.2, 0.25) is 13.3 Å². The first kappa shape index (κ1) is 27.4. The van der Waals surface area contributed by atoms with Crippen molar-refractivity contribution in [3.8, 4) is 0 Å². The molecule has 0 aromatic carbocycles. The summed E-state index contributed by atoms with van der Waals surface area (Å²) in [7, 11) is 0. The van der Waals surface area contributed by atoms with Gasteiger partial charge in [-0.3, -0.25) is 0 Å². The molecule has 0 spiro atoms. The molecule has 0 radical (unpaired) electrons. The summed E-state index contributed by atoms with van der Waals surface area (Å²) in [5, 5.41) is 3.64. The number of amides is 1. The molecule has 0 fully saturated rings. The van der Waals surface area contributed by atoms with Crippen LogP contribution < -0.4 is 0 Å². The second-order valence-corrected chi connectivity index (χ2v) is 22.8. The van der Waals surface area contributed by atoms with Gasteiger partial charge in [-0.2, -0.15) is 0 Å². The van der Waals surface area contributed by atoms with Gasteiger partial charge in [-0.1, -0.05) is 0 Å². The van der Waals surface area contributed by atoms with Gasteiger partial charge in [0.2, 0.25) is 0 Å². The van der Waals surface area contributed by atoms with E-state index >= 15 is 0 Å². The van der Waals surface area contributed by atoms with E-state index < -0.39 is 24.0 Å². The molecule has 0 bridgehead atoms. The van der Waals surface area contributed by atoms with Gasteiger partial charge in [0.1, 0.15) is 0 Å². The molecule has 0 aliphatic heterocycles. The number of hydrogen-bond donors (Lipinski definition) is 0. The molecule has 7 heteroatoms. The number of rotatable bonds is 15. The molecule has 164 valence electrons. The van der Waals surface area contributed by atoms with Crippen molar-refractivity contribution in [2.24, 2.45) is 5.11 Å². The Morgan fingerprint density at radius 1 is 1.00 bits per heavy atom. The molecule has 0 saturated carbocycles. The van der Waals surface area contributed by atoms with Crippen LogP contribution >= 0.6 is 0 Å². The van der Waals surface area contributed by atoms with Crippen LogP contribution in [0.1, 0.15) is 86.5 Å². The summed E-state index contributed by atoms with van der Waals surface area (Å²) in [6.07, 6.45) is 8.01. The van der Waals surface area contributed by atoms with Gasteiger partial charge >= 0.3 is 178 Å². The third-order valence-corrected chi connectivity index (χ3v) is 20.2. The average Bonchev–Trinajstić information content (AvgIpc) is 2.63. The number of ether oxygens (including phenoxy) is 1. The average molecular weight is 503 g/mol. The molecule has 0 saturated heterocycles. The Hall–Kier alpha value is -0.621. The maximum atomic E-state index is 13.0. The van der Waals surface area contributed by atoms with Crippen LogP contribution in [0.5, 0.6) is 0 Å². The number of unbranched alkanes of at least 4 members (excludes halogenated alkanes) is 3. The van der Waals surface area contributed by atoms with E-state index in [-0.39, 0.29) is 6.09 Å². The van der Waals surface area contributed by atoms with Crippen molar-refractivity contribution in [1.82, 2.24) is 4.90 Å². The van der Waals surface area contributed by atoms with Gasteiger partial charge in [-0.15, -0.1) is 0 Å². The fraction of sp³-hybridized carbons (Fsp3) is 0.952. The first-order chi connectivity index (χ1) is 13.2. The van der Waals surface area contributed by atoms with Gasteiger partial charge in [-0.05, 0) is 0 Å². The van der Waals surface area contributed by atoms with Crippen molar-refractivity contribution < 1.29 is 9.53 Å². The van der Waals surface area contributed by atoms with E-state index in [1.165, 1.54) is 51.8 Å². The second kappa shape index (κ2) is 15.2. The zero-order chi connectivity index (χ0) is 21.5. The predicted molar refractivity (Wildman–Crippen MR) is 121 cm³/mol. The molecule has 0 rings (SSSR count). The summed E-state index contributed by atoms with van der Waals surface area (Å²) in [5.74, 6) is 0. The fourth-order valence-electron chi connectivity index (χ4n) is 3.61. The number of nitrogens with zero attached hydrogens (tertiary/aromatic N) is 4. The number of carbonyl (C=O) groups excluding carboxylic acids is 1. The van der Waals surface area contributed by atoms with Gasteiger partial charge in [0.25, 0.3) is 0 Å². The summed E-state index contributed by atoms with van der Waals surface area (Å²) in [5.41, 5.74) is 8.04. The van der Waals surface area contributed by atoms with Crippen LogP contribution in [0.25, 0.3) is 10.4 Å². The zero-order valence-electron chi connectivity index (χ0n) is 19.3.